The maximum atomic E-state index is 13.1. The number of hydrogen-bond acceptors (Lipinski definition) is 22. The molecule has 1 rings (SSSR count). The Hall–Kier alpha value is -6.89. The maximum absolute atomic E-state index is 13.1. The first-order valence-electron chi connectivity index (χ1n) is 22.3. The van der Waals surface area contributed by atoms with Crippen molar-refractivity contribution >= 4 is 41.7 Å². The molecule has 2 atom stereocenters. The van der Waals surface area contributed by atoms with Gasteiger partial charge >= 0.3 is 35.8 Å². The second-order valence-corrected chi connectivity index (χ2v) is 14.9. The predicted octanol–water partition coefficient (Wildman–Crippen LogP) is 4.37. The highest BCUT2D eigenvalue weighted by Crippen LogP contribution is 2.16. The Kier molecular flexibility index (Phi) is 32.4. The Balaban J connectivity index is 2.36. The van der Waals surface area contributed by atoms with Crippen molar-refractivity contribution in [1.82, 2.24) is 5.32 Å². The molecule has 2 unspecified atom stereocenters. The van der Waals surface area contributed by atoms with Crippen molar-refractivity contribution in [2.75, 3.05) is 46.2 Å². The van der Waals surface area contributed by atoms with Crippen molar-refractivity contribution in [1.29, 1.82) is 0 Å². The van der Waals surface area contributed by atoms with Crippen LogP contribution in [-0.2, 0) is 78.2 Å². The number of esters is 6. The number of benzene rings is 1. The van der Waals surface area contributed by atoms with Crippen LogP contribution in [0, 0.1) is 30.3 Å². The van der Waals surface area contributed by atoms with E-state index in [0.717, 1.165) is 0 Å². The Morgan fingerprint density at radius 2 is 0.912 bits per heavy atom. The van der Waals surface area contributed by atoms with E-state index in [-0.39, 0.29) is 95.4 Å². The normalized spacial score (nSPS) is 11.4. The molecule has 382 valence electrons. The van der Waals surface area contributed by atoms with E-state index in [4.69, 9.17) is 28.4 Å². The van der Waals surface area contributed by atoms with Gasteiger partial charge in [-0.2, -0.15) is 0 Å². The second-order valence-electron chi connectivity index (χ2n) is 14.9. The molecule has 0 aromatic heterocycles. The van der Waals surface area contributed by atoms with E-state index < -0.39 is 57.8 Å². The van der Waals surface area contributed by atoms with Crippen LogP contribution in [0.3, 0.4) is 0 Å². The largest absolute Gasteiger partial charge is 0.466 e. The van der Waals surface area contributed by atoms with Crippen molar-refractivity contribution in [2.45, 2.75) is 141 Å². The SMILES string of the molecule is CC(OC(=O)CO[N+](=O)[O-])C(=O)Oc1ccc(CC(NC(=O)CCCCCO[N+](=O)[O-])C(=O)OCCCCCC(=O)OCCCCCC(=O)OCCCCCC(=O)OCCCCO[N+](=O)[O-])cc1. The number of carbonyl (C=O) groups excluding carboxylic acids is 7. The molecular formula is C42H62N4O22. The summed E-state index contributed by atoms with van der Waals surface area (Å²) in [5.41, 5.74) is 0.539. The molecule has 0 heterocycles. The molecule has 0 fully saturated rings. The van der Waals surface area contributed by atoms with E-state index in [1.807, 2.05) is 0 Å². The number of unbranched alkanes of at least 4 members (excludes halogenated alkanes) is 9. The standard InChI is InChI=1S/C42H62N4O22/c1-32(67-40(51)31-66-46(58)59)41(52)68-34-22-20-33(21-23-34)30-35(43-36(47)16-6-2-13-28-64-44(54)55)42(53)63-27-12-5-9-19-38(49)61-25-10-3-7-17-37(48)60-24-11-4-8-18-39(50)62-26-14-15-29-65-45(56)57/h20-23,32,35H,2-19,24-31H2,1H3,(H,43,47). The number of nitrogens with one attached hydrogen (secondary N) is 1. The summed E-state index contributed by atoms with van der Waals surface area (Å²) in [6, 6.07) is 4.72. The summed E-state index contributed by atoms with van der Waals surface area (Å²) in [6.45, 7) is 0.615. The monoisotopic (exact) mass is 974 g/mol. The molecule has 26 nitrogen and oxygen atoms in total. The molecule has 0 radical (unpaired) electrons. The smallest absolute Gasteiger partial charge is 0.352 e. The molecule has 0 aliphatic carbocycles. The molecular weight excluding hydrogens is 912 g/mol. The van der Waals surface area contributed by atoms with Gasteiger partial charge in [0, 0.05) is 32.1 Å². The van der Waals surface area contributed by atoms with Gasteiger partial charge in [0.1, 0.15) is 11.8 Å². The molecule has 1 aromatic carbocycles. The lowest BCUT2D eigenvalue weighted by atomic mass is 10.1. The minimum absolute atomic E-state index is 0.00155. The summed E-state index contributed by atoms with van der Waals surface area (Å²) in [5, 5.41) is 30.3. The van der Waals surface area contributed by atoms with Crippen molar-refractivity contribution in [3.63, 3.8) is 0 Å². The summed E-state index contributed by atoms with van der Waals surface area (Å²) in [6.07, 6.45) is 6.27. The van der Waals surface area contributed by atoms with Crippen molar-refractivity contribution in [3.8, 4) is 5.75 Å². The fourth-order valence-corrected chi connectivity index (χ4v) is 5.71. The molecule has 0 aliphatic heterocycles. The summed E-state index contributed by atoms with van der Waals surface area (Å²) in [7, 11) is 0. The number of carbonyl (C=O) groups is 7. The third-order valence-electron chi connectivity index (χ3n) is 9.22. The lowest BCUT2D eigenvalue weighted by Gasteiger charge is -2.18. The van der Waals surface area contributed by atoms with Crippen molar-refractivity contribution in [2.24, 2.45) is 0 Å². The minimum atomic E-state index is -1.42. The van der Waals surface area contributed by atoms with Gasteiger partial charge in [-0.05, 0) is 108 Å². The van der Waals surface area contributed by atoms with Gasteiger partial charge < -0.3 is 48.3 Å². The molecule has 1 aromatic rings. The average Bonchev–Trinajstić information content (AvgIpc) is 3.28. The van der Waals surface area contributed by atoms with Crippen LogP contribution in [0.5, 0.6) is 5.75 Å². The molecule has 0 aliphatic rings. The number of amides is 1. The van der Waals surface area contributed by atoms with E-state index >= 15 is 0 Å². The Labute approximate surface area is 391 Å². The quantitative estimate of drug-likeness (QED) is 0.0238. The predicted molar refractivity (Wildman–Crippen MR) is 229 cm³/mol. The first-order chi connectivity index (χ1) is 32.5. The third kappa shape index (κ3) is 33.6. The molecule has 0 saturated carbocycles. The summed E-state index contributed by atoms with van der Waals surface area (Å²) in [5.74, 6) is -4.36. The van der Waals surface area contributed by atoms with Crippen molar-refractivity contribution in [3.05, 3.63) is 60.2 Å². The first-order valence-corrected chi connectivity index (χ1v) is 22.3. The molecule has 0 bridgehead atoms. The van der Waals surface area contributed by atoms with Crippen LogP contribution in [0.4, 0.5) is 0 Å². The van der Waals surface area contributed by atoms with Gasteiger partial charge in [-0.1, -0.05) is 18.6 Å². The third-order valence-corrected chi connectivity index (χ3v) is 9.22. The topological polar surface area (TPSA) is 344 Å². The highest BCUT2D eigenvalue weighted by molar-refractivity contribution is 5.85. The number of nitrogens with zero attached hydrogens (tertiary/aromatic N) is 3. The van der Waals surface area contributed by atoms with Crippen LogP contribution < -0.4 is 10.1 Å². The average molecular weight is 975 g/mol. The van der Waals surface area contributed by atoms with E-state index in [1.165, 1.54) is 31.2 Å². The lowest BCUT2D eigenvalue weighted by Crippen LogP contribution is -2.43. The molecule has 68 heavy (non-hydrogen) atoms. The molecule has 0 spiro atoms. The number of hydrogen-bond donors (Lipinski definition) is 1. The molecule has 0 saturated heterocycles. The van der Waals surface area contributed by atoms with Gasteiger partial charge in [0.25, 0.3) is 15.3 Å². The highest BCUT2D eigenvalue weighted by atomic mass is 17.0. The molecule has 1 amide bonds. The van der Waals surface area contributed by atoms with Crippen LogP contribution in [0.1, 0.15) is 128 Å². The van der Waals surface area contributed by atoms with Gasteiger partial charge in [-0.3, -0.25) is 19.2 Å². The van der Waals surface area contributed by atoms with Crippen LogP contribution >= 0.6 is 0 Å². The Morgan fingerprint density at radius 3 is 1.38 bits per heavy atom. The van der Waals surface area contributed by atoms with Crippen LogP contribution in [0.2, 0.25) is 0 Å². The zero-order chi connectivity index (χ0) is 50.4. The maximum Gasteiger partial charge on any atom is 0.352 e. The van der Waals surface area contributed by atoms with Gasteiger partial charge in [0.15, 0.2) is 12.7 Å². The van der Waals surface area contributed by atoms with Gasteiger partial charge in [0.2, 0.25) is 5.91 Å². The highest BCUT2D eigenvalue weighted by Gasteiger charge is 2.24. The molecule has 1 N–H and O–H groups in total. The summed E-state index contributed by atoms with van der Waals surface area (Å²) >= 11 is 0. The second kappa shape index (κ2) is 37.2. The van der Waals surface area contributed by atoms with E-state index in [0.29, 0.717) is 95.5 Å². The van der Waals surface area contributed by atoms with E-state index in [9.17, 15) is 63.9 Å². The fraction of sp³-hybridized carbons (Fsp3) is 0.690. The zero-order valence-corrected chi connectivity index (χ0v) is 38.2. The number of rotatable bonds is 41. The Morgan fingerprint density at radius 1 is 0.500 bits per heavy atom. The van der Waals surface area contributed by atoms with Crippen LogP contribution in [0.15, 0.2) is 24.3 Å². The summed E-state index contributed by atoms with van der Waals surface area (Å²) < 4.78 is 30.9. The van der Waals surface area contributed by atoms with E-state index in [1.54, 1.807) is 0 Å². The lowest BCUT2D eigenvalue weighted by molar-refractivity contribution is -0.757. The van der Waals surface area contributed by atoms with Gasteiger partial charge in [-0.15, -0.1) is 30.3 Å². The van der Waals surface area contributed by atoms with Crippen LogP contribution in [0.25, 0.3) is 0 Å². The van der Waals surface area contributed by atoms with Gasteiger partial charge in [0.05, 0.1) is 39.6 Å². The molecule has 26 heteroatoms. The fourth-order valence-electron chi connectivity index (χ4n) is 5.71. The number of ether oxygens (including phenoxy) is 6. The Bertz CT molecular complexity index is 1730. The first kappa shape index (κ1) is 59.1. The van der Waals surface area contributed by atoms with E-state index in [2.05, 4.69) is 19.8 Å². The summed E-state index contributed by atoms with van der Waals surface area (Å²) in [4.78, 5) is 129. The van der Waals surface area contributed by atoms with Gasteiger partial charge in [-0.25, -0.2) is 14.4 Å². The van der Waals surface area contributed by atoms with Crippen LogP contribution in [-0.4, -0.2) is 115 Å². The minimum Gasteiger partial charge on any atom is -0.466 e. The zero-order valence-electron chi connectivity index (χ0n) is 38.2. The van der Waals surface area contributed by atoms with Crippen molar-refractivity contribution < 1.29 is 91.8 Å².